The molecule has 16 heavy (non-hydrogen) atoms. The summed E-state index contributed by atoms with van der Waals surface area (Å²) in [6.07, 6.45) is 0. The molecule has 0 aliphatic rings. The zero-order valence-corrected chi connectivity index (χ0v) is 11.5. The molecule has 0 aliphatic heterocycles. The van der Waals surface area contributed by atoms with E-state index in [1.165, 1.54) is 4.90 Å². The highest BCUT2D eigenvalue weighted by Crippen LogP contribution is 2.27. The molecule has 0 fully saturated rings. The van der Waals surface area contributed by atoms with Crippen LogP contribution in [0.25, 0.3) is 0 Å². The van der Waals surface area contributed by atoms with Crippen LogP contribution in [0, 0.1) is 0 Å². The van der Waals surface area contributed by atoms with Gasteiger partial charge in [0.25, 0.3) is 0 Å². The van der Waals surface area contributed by atoms with Gasteiger partial charge >= 0.3 is 11.8 Å². The van der Waals surface area contributed by atoms with Crippen LogP contribution in [-0.2, 0) is 9.59 Å². The molecule has 0 aromatic carbocycles. The highest BCUT2D eigenvalue weighted by molar-refractivity contribution is 6.35. The summed E-state index contributed by atoms with van der Waals surface area (Å²) in [5, 5.41) is 0. The van der Waals surface area contributed by atoms with E-state index in [2.05, 4.69) is 0 Å². The van der Waals surface area contributed by atoms with Gasteiger partial charge in [0.05, 0.1) is 11.1 Å². The van der Waals surface area contributed by atoms with Crippen molar-refractivity contribution < 1.29 is 9.59 Å². The first-order valence-electron chi connectivity index (χ1n) is 4.86. The summed E-state index contributed by atoms with van der Waals surface area (Å²) < 4.78 is 0. The molecular weight excluding hydrogens is 251 g/mol. The molecule has 0 aromatic heterocycles. The fraction of sp³-hybridized carbons (Fsp3) is 0.800. The van der Waals surface area contributed by atoms with Crippen LogP contribution in [-0.4, -0.2) is 39.6 Å². The Morgan fingerprint density at radius 2 is 1.38 bits per heavy atom. The fourth-order valence-electron chi connectivity index (χ4n) is 1.60. The van der Waals surface area contributed by atoms with Crippen LogP contribution in [0.3, 0.4) is 0 Å². The minimum atomic E-state index is -1.00. The molecule has 0 atom stereocenters. The predicted octanol–water partition coefficient (Wildman–Crippen LogP) is 1.34. The van der Waals surface area contributed by atoms with Gasteiger partial charge in [0.15, 0.2) is 0 Å². The van der Waals surface area contributed by atoms with Crippen molar-refractivity contribution in [1.29, 1.82) is 0 Å². The molecule has 6 heteroatoms. The molecule has 0 saturated heterocycles. The van der Waals surface area contributed by atoms with E-state index < -0.39 is 22.9 Å². The van der Waals surface area contributed by atoms with E-state index in [1.807, 2.05) is 0 Å². The molecule has 0 saturated carbocycles. The van der Waals surface area contributed by atoms with Crippen LogP contribution in [0.5, 0.6) is 0 Å². The van der Waals surface area contributed by atoms with Crippen molar-refractivity contribution >= 4 is 35.0 Å². The minimum absolute atomic E-state index is 0.187. The van der Waals surface area contributed by atoms with E-state index in [4.69, 9.17) is 28.9 Å². The van der Waals surface area contributed by atoms with E-state index >= 15 is 0 Å². The Kier molecular flexibility index (Phi) is 5.08. The monoisotopic (exact) mass is 268 g/mol. The van der Waals surface area contributed by atoms with Crippen LogP contribution < -0.4 is 5.73 Å². The Labute approximate surface area is 106 Å². The lowest BCUT2D eigenvalue weighted by molar-refractivity contribution is -0.152. The lowest BCUT2D eigenvalue weighted by Crippen LogP contribution is -2.62. The number of rotatable bonds is 4. The molecular formula is C10H18Cl2N2O2. The highest BCUT2D eigenvalue weighted by atomic mass is 35.5. The Morgan fingerprint density at radius 3 is 1.56 bits per heavy atom. The average molecular weight is 269 g/mol. The number of nitrogens with two attached hydrogens (primary N) is 1. The molecule has 94 valence electrons. The van der Waals surface area contributed by atoms with E-state index in [0.717, 1.165) is 0 Å². The molecule has 0 unspecified atom stereocenters. The van der Waals surface area contributed by atoms with Gasteiger partial charge in [-0.1, -0.05) is 0 Å². The van der Waals surface area contributed by atoms with Crippen molar-refractivity contribution in [3.8, 4) is 0 Å². The summed E-state index contributed by atoms with van der Waals surface area (Å²) in [7, 11) is 0. The molecule has 0 heterocycles. The highest BCUT2D eigenvalue weighted by Gasteiger charge is 2.42. The number of primary amides is 1. The number of halogens is 2. The SMILES string of the molecule is CC(C)(CCl)N(C(=O)C(N)=O)C(C)(C)CCl. The summed E-state index contributed by atoms with van der Waals surface area (Å²) >= 11 is 11.6. The van der Waals surface area contributed by atoms with E-state index in [-0.39, 0.29) is 11.8 Å². The summed E-state index contributed by atoms with van der Waals surface area (Å²) in [6, 6.07) is 0. The summed E-state index contributed by atoms with van der Waals surface area (Å²) in [4.78, 5) is 24.1. The van der Waals surface area contributed by atoms with Crippen molar-refractivity contribution in [3.63, 3.8) is 0 Å². The molecule has 0 bridgehead atoms. The Hall–Kier alpha value is -0.480. The van der Waals surface area contributed by atoms with Crippen LogP contribution >= 0.6 is 23.2 Å². The fourth-order valence-corrected chi connectivity index (χ4v) is 1.84. The van der Waals surface area contributed by atoms with Crippen molar-refractivity contribution in [1.82, 2.24) is 4.90 Å². The van der Waals surface area contributed by atoms with E-state index in [0.29, 0.717) is 0 Å². The van der Waals surface area contributed by atoms with Gasteiger partial charge in [0.1, 0.15) is 0 Å². The number of carbonyl (C=O) groups is 2. The van der Waals surface area contributed by atoms with Gasteiger partial charge in [-0.25, -0.2) is 0 Å². The van der Waals surface area contributed by atoms with Gasteiger partial charge in [-0.3, -0.25) is 9.59 Å². The predicted molar refractivity (Wildman–Crippen MR) is 65.6 cm³/mol. The van der Waals surface area contributed by atoms with Crippen molar-refractivity contribution in [2.24, 2.45) is 5.73 Å². The number of hydrogen-bond donors (Lipinski definition) is 1. The molecule has 4 nitrogen and oxygen atoms in total. The second-order valence-corrected chi connectivity index (χ2v) is 5.43. The average Bonchev–Trinajstić information content (AvgIpc) is 2.17. The standard InChI is InChI=1S/C10H18Cl2N2O2/c1-9(2,5-11)14(8(16)7(13)15)10(3,4)6-12/h5-6H2,1-4H3,(H2,13,15). The van der Waals surface area contributed by atoms with Gasteiger partial charge in [-0.15, -0.1) is 23.2 Å². The van der Waals surface area contributed by atoms with Gasteiger partial charge in [0, 0.05) is 11.8 Å². The Balaban J connectivity index is 5.39. The molecule has 0 aromatic rings. The van der Waals surface area contributed by atoms with Crippen molar-refractivity contribution in [2.45, 2.75) is 38.8 Å². The smallest absolute Gasteiger partial charge is 0.312 e. The lowest BCUT2D eigenvalue weighted by Gasteiger charge is -2.46. The van der Waals surface area contributed by atoms with Crippen LogP contribution in [0.1, 0.15) is 27.7 Å². The topological polar surface area (TPSA) is 63.4 Å². The maximum absolute atomic E-state index is 11.8. The zero-order valence-electron chi connectivity index (χ0n) is 10.0. The maximum atomic E-state index is 11.8. The molecule has 0 radical (unpaired) electrons. The number of hydrogen-bond acceptors (Lipinski definition) is 2. The number of amides is 2. The Bertz CT molecular complexity index is 275. The molecule has 2 N–H and O–H groups in total. The number of alkyl halides is 2. The first-order valence-corrected chi connectivity index (χ1v) is 5.93. The largest absolute Gasteiger partial charge is 0.361 e. The third kappa shape index (κ3) is 3.25. The summed E-state index contributed by atoms with van der Waals surface area (Å²) in [5.41, 5.74) is 3.65. The number of carbonyl (C=O) groups excluding carboxylic acids is 2. The normalized spacial score (nSPS) is 12.4. The molecule has 0 aliphatic carbocycles. The van der Waals surface area contributed by atoms with E-state index in [1.54, 1.807) is 27.7 Å². The Morgan fingerprint density at radius 1 is 1.06 bits per heavy atom. The van der Waals surface area contributed by atoms with Crippen LogP contribution in [0.4, 0.5) is 0 Å². The lowest BCUT2D eigenvalue weighted by atomic mass is 9.95. The third-order valence-corrected chi connectivity index (χ3v) is 3.59. The quantitative estimate of drug-likeness (QED) is 0.618. The first kappa shape index (κ1) is 15.5. The maximum Gasteiger partial charge on any atom is 0.312 e. The van der Waals surface area contributed by atoms with Crippen LogP contribution in [0.15, 0.2) is 0 Å². The first-order chi connectivity index (χ1) is 7.10. The second-order valence-electron chi connectivity index (χ2n) is 4.90. The number of nitrogens with zero attached hydrogens (tertiary/aromatic N) is 1. The second kappa shape index (κ2) is 5.23. The van der Waals surface area contributed by atoms with Gasteiger partial charge in [-0.05, 0) is 27.7 Å². The summed E-state index contributed by atoms with van der Waals surface area (Å²) in [5.74, 6) is -1.40. The molecule has 0 rings (SSSR count). The van der Waals surface area contributed by atoms with Gasteiger partial charge in [-0.2, -0.15) is 0 Å². The van der Waals surface area contributed by atoms with Crippen LogP contribution in [0.2, 0.25) is 0 Å². The summed E-state index contributed by atoms with van der Waals surface area (Å²) in [6.45, 7) is 7.04. The van der Waals surface area contributed by atoms with E-state index in [9.17, 15) is 9.59 Å². The third-order valence-electron chi connectivity index (χ3n) is 2.28. The van der Waals surface area contributed by atoms with Crippen molar-refractivity contribution in [3.05, 3.63) is 0 Å². The van der Waals surface area contributed by atoms with Gasteiger partial charge in [0.2, 0.25) is 0 Å². The minimum Gasteiger partial charge on any atom is -0.361 e. The van der Waals surface area contributed by atoms with Crippen molar-refractivity contribution in [2.75, 3.05) is 11.8 Å². The molecule has 0 spiro atoms. The molecule has 2 amide bonds. The van der Waals surface area contributed by atoms with Gasteiger partial charge < -0.3 is 10.6 Å². The zero-order chi connectivity index (χ0) is 13.1.